The van der Waals surface area contributed by atoms with E-state index >= 15 is 0 Å². The number of carbonyl (C=O) groups excluding carboxylic acids is 2. The highest BCUT2D eigenvalue weighted by Crippen LogP contribution is 2.29. The standard InChI is InChI=1S/C27H30N4O5S/c1-3-26(32)28-21-10-8-20(9-11-21)27(33)29-22-12-14-23(15-13-22)37(34,35)31-18-16-30(17-19-31)24-6-4-5-7-25(24)36-2/h4-15H,3,16-19H2,1-2H3,(H,28,32)(H,29,33). The Morgan fingerprint density at radius 3 is 2.05 bits per heavy atom. The molecule has 0 spiro atoms. The number of nitrogens with one attached hydrogen (secondary N) is 2. The summed E-state index contributed by atoms with van der Waals surface area (Å²) in [5, 5.41) is 5.50. The highest BCUT2D eigenvalue weighted by Gasteiger charge is 2.29. The van der Waals surface area contributed by atoms with Crippen LogP contribution in [0.1, 0.15) is 23.7 Å². The Bertz CT molecular complexity index is 1350. The highest BCUT2D eigenvalue weighted by molar-refractivity contribution is 7.89. The van der Waals surface area contributed by atoms with Crippen molar-refractivity contribution in [2.75, 3.05) is 48.8 Å². The largest absolute Gasteiger partial charge is 0.495 e. The van der Waals surface area contributed by atoms with Gasteiger partial charge in [-0.3, -0.25) is 9.59 Å². The first-order chi connectivity index (χ1) is 17.8. The zero-order valence-electron chi connectivity index (χ0n) is 20.8. The predicted octanol–water partition coefficient (Wildman–Crippen LogP) is 3.81. The quantitative estimate of drug-likeness (QED) is 0.466. The number of carbonyl (C=O) groups is 2. The molecule has 1 fully saturated rings. The third kappa shape index (κ3) is 6.10. The second kappa shape index (κ2) is 11.4. The summed E-state index contributed by atoms with van der Waals surface area (Å²) in [6.45, 7) is 3.57. The molecule has 37 heavy (non-hydrogen) atoms. The minimum Gasteiger partial charge on any atom is -0.495 e. The molecule has 0 radical (unpaired) electrons. The minimum absolute atomic E-state index is 0.106. The number of rotatable bonds is 8. The summed E-state index contributed by atoms with van der Waals surface area (Å²) in [7, 11) is -2.05. The van der Waals surface area contributed by atoms with Crippen LogP contribution >= 0.6 is 0 Å². The second-order valence-electron chi connectivity index (χ2n) is 8.52. The molecule has 194 valence electrons. The van der Waals surface area contributed by atoms with Crippen LogP contribution in [0.25, 0.3) is 0 Å². The summed E-state index contributed by atoms with van der Waals surface area (Å²) >= 11 is 0. The molecule has 0 aliphatic carbocycles. The summed E-state index contributed by atoms with van der Waals surface area (Å²) < 4.78 is 33.3. The van der Waals surface area contributed by atoms with E-state index in [0.29, 0.717) is 49.5 Å². The van der Waals surface area contributed by atoms with Crippen molar-refractivity contribution in [3.05, 3.63) is 78.4 Å². The fraction of sp³-hybridized carbons (Fsp3) is 0.259. The van der Waals surface area contributed by atoms with Gasteiger partial charge in [0.1, 0.15) is 5.75 Å². The smallest absolute Gasteiger partial charge is 0.255 e. The van der Waals surface area contributed by atoms with Gasteiger partial charge >= 0.3 is 0 Å². The number of hydrogen-bond acceptors (Lipinski definition) is 6. The van der Waals surface area contributed by atoms with Crippen LogP contribution in [0.2, 0.25) is 0 Å². The molecule has 0 unspecified atom stereocenters. The molecule has 0 saturated carbocycles. The van der Waals surface area contributed by atoms with Crippen LogP contribution in [0.4, 0.5) is 17.1 Å². The van der Waals surface area contributed by atoms with Gasteiger partial charge in [0.05, 0.1) is 17.7 Å². The van der Waals surface area contributed by atoms with E-state index in [0.717, 1.165) is 11.4 Å². The van der Waals surface area contributed by atoms with Gasteiger partial charge in [-0.2, -0.15) is 4.31 Å². The zero-order chi connectivity index (χ0) is 26.4. The van der Waals surface area contributed by atoms with E-state index in [2.05, 4.69) is 15.5 Å². The van der Waals surface area contributed by atoms with Crippen LogP contribution in [0, 0.1) is 0 Å². The normalized spacial score (nSPS) is 14.2. The number of amides is 2. The van der Waals surface area contributed by atoms with Crippen LogP contribution in [-0.2, 0) is 14.8 Å². The summed E-state index contributed by atoms with van der Waals surface area (Å²) in [6, 6.07) is 20.4. The van der Waals surface area contributed by atoms with E-state index < -0.39 is 10.0 Å². The average molecular weight is 523 g/mol. The molecule has 0 aromatic heterocycles. The molecule has 2 N–H and O–H groups in total. The molecule has 1 aliphatic heterocycles. The Hall–Kier alpha value is -3.89. The van der Waals surface area contributed by atoms with Crippen molar-refractivity contribution in [1.29, 1.82) is 0 Å². The lowest BCUT2D eigenvalue weighted by molar-refractivity contribution is -0.115. The lowest BCUT2D eigenvalue weighted by Crippen LogP contribution is -2.48. The van der Waals surface area contributed by atoms with E-state index in [-0.39, 0.29) is 16.7 Å². The first-order valence-electron chi connectivity index (χ1n) is 12.0. The van der Waals surface area contributed by atoms with Gasteiger partial charge in [-0.25, -0.2) is 8.42 Å². The Kier molecular flexibility index (Phi) is 8.10. The molecule has 1 saturated heterocycles. The van der Waals surface area contributed by atoms with E-state index in [4.69, 9.17) is 4.74 Å². The third-order valence-electron chi connectivity index (χ3n) is 6.17. The van der Waals surface area contributed by atoms with E-state index in [1.807, 2.05) is 24.3 Å². The summed E-state index contributed by atoms with van der Waals surface area (Å²) in [5.74, 6) is 0.317. The first-order valence-corrected chi connectivity index (χ1v) is 13.4. The third-order valence-corrected chi connectivity index (χ3v) is 8.08. The van der Waals surface area contributed by atoms with Crippen molar-refractivity contribution in [3.63, 3.8) is 0 Å². The monoisotopic (exact) mass is 522 g/mol. The number of sulfonamides is 1. The van der Waals surface area contributed by atoms with Gasteiger partial charge in [0, 0.05) is 49.5 Å². The van der Waals surface area contributed by atoms with Gasteiger partial charge < -0.3 is 20.3 Å². The summed E-state index contributed by atoms with van der Waals surface area (Å²) in [6.07, 6.45) is 0.368. The van der Waals surface area contributed by atoms with Gasteiger partial charge in [0.25, 0.3) is 5.91 Å². The fourth-order valence-electron chi connectivity index (χ4n) is 4.08. The lowest BCUT2D eigenvalue weighted by atomic mass is 10.2. The molecule has 1 aliphatic rings. The van der Waals surface area contributed by atoms with Gasteiger partial charge in [-0.15, -0.1) is 0 Å². The number of ether oxygens (including phenoxy) is 1. The lowest BCUT2D eigenvalue weighted by Gasteiger charge is -2.35. The number of piperazine rings is 1. The molecule has 3 aromatic rings. The molecule has 3 aromatic carbocycles. The van der Waals surface area contributed by atoms with Crippen LogP contribution in [0.5, 0.6) is 5.75 Å². The maximum absolute atomic E-state index is 13.2. The molecule has 0 bridgehead atoms. The summed E-state index contributed by atoms with van der Waals surface area (Å²) in [4.78, 5) is 26.4. The molecular formula is C27H30N4O5S. The Morgan fingerprint density at radius 2 is 1.43 bits per heavy atom. The van der Waals surface area contributed by atoms with E-state index in [1.54, 1.807) is 50.4 Å². The number of benzene rings is 3. The van der Waals surface area contributed by atoms with E-state index in [9.17, 15) is 18.0 Å². The number of anilines is 3. The summed E-state index contributed by atoms with van der Waals surface area (Å²) in [5.41, 5.74) is 2.46. The predicted molar refractivity (Wildman–Crippen MR) is 144 cm³/mol. The Balaban J connectivity index is 1.36. The number of hydrogen-bond donors (Lipinski definition) is 2. The maximum Gasteiger partial charge on any atom is 0.255 e. The van der Waals surface area contributed by atoms with Crippen molar-refractivity contribution < 1.29 is 22.7 Å². The Morgan fingerprint density at radius 1 is 0.838 bits per heavy atom. The highest BCUT2D eigenvalue weighted by atomic mass is 32.2. The fourth-order valence-corrected chi connectivity index (χ4v) is 5.50. The van der Waals surface area contributed by atoms with Gasteiger partial charge in [-0.05, 0) is 60.7 Å². The van der Waals surface area contributed by atoms with Crippen molar-refractivity contribution in [2.24, 2.45) is 0 Å². The SMILES string of the molecule is CCC(=O)Nc1ccc(C(=O)Nc2ccc(S(=O)(=O)N3CCN(c4ccccc4OC)CC3)cc2)cc1. The molecular weight excluding hydrogens is 492 g/mol. The average Bonchev–Trinajstić information content (AvgIpc) is 2.93. The topological polar surface area (TPSA) is 108 Å². The second-order valence-corrected chi connectivity index (χ2v) is 10.5. The zero-order valence-corrected chi connectivity index (χ0v) is 21.6. The first kappa shape index (κ1) is 26.2. The van der Waals surface area contributed by atoms with Crippen molar-refractivity contribution in [1.82, 2.24) is 4.31 Å². The van der Waals surface area contributed by atoms with Gasteiger partial charge in [-0.1, -0.05) is 19.1 Å². The molecule has 4 rings (SSSR count). The number of para-hydroxylation sites is 2. The molecule has 1 heterocycles. The van der Waals surface area contributed by atoms with Gasteiger partial charge in [0.15, 0.2) is 0 Å². The van der Waals surface area contributed by atoms with Crippen LogP contribution < -0.4 is 20.3 Å². The molecule has 10 heteroatoms. The van der Waals surface area contributed by atoms with Crippen molar-refractivity contribution in [2.45, 2.75) is 18.2 Å². The van der Waals surface area contributed by atoms with E-state index in [1.165, 1.54) is 16.4 Å². The minimum atomic E-state index is -3.67. The van der Waals surface area contributed by atoms with Crippen LogP contribution in [-0.4, -0.2) is 57.8 Å². The molecule has 2 amide bonds. The number of methoxy groups -OCH3 is 1. The molecule has 9 nitrogen and oxygen atoms in total. The maximum atomic E-state index is 13.2. The van der Waals surface area contributed by atoms with Crippen molar-refractivity contribution in [3.8, 4) is 5.75 Å². The number of nitrogens with zero attached hydrogens (tertiary/aromatic N) is 2. The Labute approximate surface area is 217 Å². The van der Waals surface area contributed by atoms with Crippen LogP contribution in [0.3, 0.4) is 0 Å². The van der Waals surface area contributed by atoms with Crippen LogP contribution in [0.15, 0.2) is 77.7 Å². The molecule has 0 atom stereocenters. The van der Waals surface area contributed by atoms with Gasteiger partial charge in [0.2, 0.25) is 15.9 Å². The van der Waals surface area contributed by atoms with Crippen molar-refractivity contribution >= 4 is 38.9 Å².